The van der Waals surface area contributed by atoms with E-state index in [1.807, 2.05) is 0 Å². The van der Waals surface area contributed by atoms with Crippen molar-refractivity contribution < 1.29 is 4.79 Å². The summed E-state index contributed by atoms with van der Waals surface area (Å²) < 4.78 is 0. The molecule has 0 unspecified atom stereocenters. The molecule has 1 aromatic carbocycles. The number of hydrogen-bond acceptors (Lipinski definition) is 1. The maximum absolute atomic E-state index is 12.0. The van der Waals surface area contributed by atoms with Crippen LogP contribution in [0.3, 0.4) is 0 Å². The minimum absolute atomic E-state index is 0.0844. The van der Waals surface area contributed by atoms with Crippen molar-refractivity contribution in [1.82, 2.24) is 0 Å². The first-order valence-electron chi connectivity index (χ1n) is 5.56. The zero-order valence-corrected chi connectivity index (χ0v) is 11.1. The van der Waals surface area contributed by atoms with Crippen molar-refractivity contribution in [3.63, 3.8) is 0 Å². The summed E-state index contributed by atoms with van der Waals surface area (Å²) >= 11 is 11.8. The minimum Gasteiger partial charge on any atom is -0.294 e. The van der Waals surface area contributed by atoms with Crippen molar-refractivity contribution in [3.05, 3.63) is 33.8 Å². The molecule has 0 spiro atoms. The van der Waals surface area contributed by atoms with Crippen LogP contribution in [0.5, 0.6) is 0 Å². The summed E-state index contributed by atoms with van der Waals surface area (Å²) in [6.45, 7) is 4.20. The summed E-state index contributed by atoms with van der Waals surface area (Å²) in [5, 5.41) is 1.04. The van der Waals surface area contributed by atoms with Gasteiger partial charge in [0.2, 0.25) is 0 Å². The highest BCUT2D eigenvalue weighted by molar-refractivity contribution is 6.35. The van der Waals surface area contributed by atoms with Gasteiger partial charge in [-0.1, -0.05) is 49.9 Å². The molecule has 0 N–H and O–H groups in total. The molecule has 0 aliphatic rings. The van der Waals surface area contributed by atoms with E-state index < -0.39 is 0 Å². The van der Waals surface area contributed by atoms with Crippen molar-refractivity contribution >= 4 is 29.0 Å². The lowest BCUT2D eigenvalue weighted by atomic mass is 9.94. The molecule has 88 valence electrons. The summed E-state index contributed by atoms with van der Waals surface area (Å²) in [5.74, 6) is 0.517. The van der Waals surface area contributed by atoms with Gasteiger partial charge in [-0.3, -0.25) is 4.79 Å². The highest BCUT2D eigenvalue weighted by atomic mass is 35.5. The van der Waals surface area contributed by atoms with Crippen molar-refractivity contribution in [2.45, 2.75) is 33.1 Å². The number of halogens is 2. The van der Waals surface area contributed by atoms with E-state index >= 15 is 0 Å². The van der Waals surface area contributed by atoms with Crippen LogP contribution in [0.2, 0.25) is 10.0 Å². The molecule has 0 radical (unpaired) electrons. The lowest BCUT2D eigenvalue weighted by Gasteiger charge is -2.11. The topological polar surface area (TPSA) is 17.1 Å². The van der Waals surface area contributed by atoms with Gasteiger partial charge in [-0.2, -0.15) is 0 Å². The molecule has 0 saturated carbocycles. The van der Waals surface area contributed by atoms with Crippen LogP contribution < -0.4 is 0 Å². The van der Waals surface area contributed by atoms with Gasteiger partial charge in [-0.05, 0) is 24.1 Å². The fourth-order valence-corrected chi connectivity index (χ4v) is 2.06. The molecular weight excluding hydrogens is 243 g/mol. The summed E-state index contributed by atoms with van der Waals surface area (Å²) in [6, 6.07) is 5.01. The summed E-state index contributed by atoms with van der Waals surface area (Å²) in [6.07, 6.45) is 2.58. The van der Waals surface area contributed by atoms with E-state index in [4.69, 9.17) is 23.2 Å². The largest absolute Gasteiger partial charge is 0.294 e. The summed E-state index contributed by atoms with van der Waals surface area (Å²) in [4.78, 5) is 12.0. The van der Waals surface area contributed by atoms with Gasteiger partial charge >= 0.3 is 0 Å². The Bertz CT molecular complexity index is 370. The first-order valence-corrected chi connectivity index (χ1v) is 6.32. The number of carbonyl (C=O) groups excluding carboxylic acids is 1. The highest BCUT2D eigenvalue weighted by Gasteiger charge is 2.15. The Morgan fingerprint density at radius 3 is 2.44 bits per heavy atom. The van der Waals surface area contributed by atoms with Gasteiger partial charge in [0.1, 0.15) is 0 Å². The number of ketones is 1. The molecule has 0 atom stereocenters. The van der Waals surface area contributed by atoms with Crippen LogP contribution in [-0.4, -0.2) is 5.78 Å². The normalized spacial score (nSPS) is 10.8. The molecule has 0 aromatic heterocycles. The smallest absolute Gasteiger partial charge is 0.164 e. The molecule has 1 rings (SSSR count). The van der Waals surface area contributed by atoms with Crippen LogP contribution >= 0.6 is 23.2 Å². The standard InChI is InChI=1S/C13H16Cl2O/c1-3-9(4-2)7-13(16)11-8-10(14)5-6-12(11)15/h5-6,8-9H,3-4,7H2,1-2H3. The van der Waals surface area contributed by atoms with Gasteiger partial charge < -0.3 is 0 Å². The Hall–Kier alpha value is -0.530. The fourth-order valence-electron chi connectivity index (χ4n) is 1.66. The molecule has 1 aromatic rings. The number of carbonyl (C=O) groups is 1. The van der Waals surface area contributed by atoms with Crippen LogP contribution in [0, 0.1) is 5.92 Å². The lowest BCUT2D eigenvalue weighted by molar-refractivity contribution is 0.0959. The monoisotopic (exact) mass is 258 g/mol. The van der Waals surface area contributed by atoms with Gasteiger partial charge in [-0.25, -0.2) is 0 Å². The maximum atomic E-state index is 12.0. The average Bonchev–Trinajstić information content (AvgIpc) is 2.28. The SMILES string of the molecule is CCC(CC)CC(=O)c1cc(Cl)ccc1Cl. The minimum atomic E-state index is 0.0844. The van der Waals surface area contributed by atoms with Crippen LogP contribution in [-0.2, 0) is 0 Å². The van der Waals surface area contributed by atoms with E-state index in [9.17, 15) is 4.79 Å². The molecule has 0 aliphatic heterocycles. The third-order valence-corrected chi connectivity index (χ3v) is 3.42. The molecule has 0 aliphatic carbocycles. The Labute approximate surface area is 107 Å². The van der Waals surface area contributed by atoms with Gasteiger partial charge in [-0.15, -0.1) is 0 Å². The van der Waals surface area contributed by atoms with E-state index in [1.54, 1.807) is 18.2 Å². The molecule has 0 bridgehead atoms. The molecule has 0 saturated heterocycles. The van der Waals surface area contributed by atoms with Crippen molar-refractivity contribution in [2.24, 2.45) is 5.92 Å². The van der Waals surface area contributed by atoms with Crippen LogP contribution in [0.1, 0.15) is 43.5 Å². The van der Waals surface area contributed by atoms with Crippen LogP contribution in [0.4, 0.5) is 0 Å². The fraction of sp³-hybridized carbons (Fsp3) is 0.462. The van der Waals surface area contributed by atoms with E-state index in [1.165, 1.54) is 0 Å². The second-order valence-electron chi connectivity index (χ2n) is 3.93. The van der Waals surface area contributed by atoms with Crippen molar-refractivity contribution in [3.8, 4) is 0 Å². The summed E-state index contributed by atoms with van der Waals surface area (Å²) in [5.41, 5.74) is 0.543. The number of Topliss-reactive ketones (excluding diaryl/α,β-unsaturated/α-hetero) is 1. The van der Waals surface area contributed by atoms with Gasteiger partial charge in [0.15, 0.2) is 5.78 Å². The average molecular weight is 259 g/mol. The second kappa shape index (κ2) is 6.27. The molecule has 16 heavy (non-hydrogen) atoms. The Kier molecular flexibility index (Phi) is 5.30. The van der Waals surface area contributed by atoms with Crippen molar-refractivity contribution in [2.75, 3.05) is 0 Å². The van der Waals surface area contributed by atoms with E-state index in [0.29, 0.717) is 27.9 Å². The summed E-state index contributed by atoms with van der Waals surface area (Å²) in [7, 11) is 0. The maximum Gasteiger partial charge on any atom is 0.164 e. The first kappa shape index (κ1) is 13.5. The van der Waals surface area contributed by atoms with E-state index in [2.05, 4.69) is 13.8 Å². The number of hydrogen-bond donors (Lipinski definition) is 0. The lowest BCUT2D eigenvalue weighted by Crippen LogP contribution is -2.08. The molecule has 1 nitrogen and oxygen atoms in total. The number of rotatable bonds is 5. The van der Waals surface area contributed by atoms with Crippen LogP contribution in [0.15, 0.2) is 18.2 Å². The Balaban J connectivity index is 2.83. The second-order valence-corrected chi connectivity index (χ2v) is 4.78. The highest BCUT2D eigenvalue weighted by Crippen LogP contribution is 2.24. The number of benzene rings is 1. The zero-order valence-electron chi connectivity index (χ0n) is 9.59. The van der Waals surface area contributed by atoms with Crippen molar-refractivity contribution in [1.29, 1.82) is 0 Å². The Morgan fingerprint density at radius 2 is 1.88 bits per heavy atom. The molecule has 0 amide bonds. The third kappa shape index (κ3) is 3.50. The van der Waals surface area contributed by atoms with Gasteiger partial charge in [0.05, 0.1) is 5.02 Å². The van der Waals surface area contributed by atoms with Gasteiger partial charge in [0, 0.05) is 17.0 Å². The van der Waals surface area contributed by atoms with Crippen LogP contribution in [0.25, 0.3) is 0 Å². The predicted molar refractivity (Wildman–Crippen MR) is 69.5 cm³/mol. The van der Waals surface area contributed by atoms with Gasteiger partial charge in [0.25, 0.3) is 0 Å². The molecular formula is C13H16Cl2O. The molecule has 3 heteroatoms. The molecule has 0 heterocycles. The zero-order chi connectivity index (χ0) is 12.1. The predicted octanol–water partition coefficient (Wildman–Crippen LogP) is 5.00. The Morgan fingerprint density at radius 1 is 1.25 bits per heavy atom. The quantitative estimate of drug-likeness (QED) is 0.680. The molecule has 0 fully saturated rings. The third-order valence-electron chi connectivity index (χ3n) is 2.86. The van der Waals surface area contributed by atoms with E-state index in [0.717, 1.165) is 12.8 Å². The van der Waals surface area contributed by atoms with E-state index in [-0.39, 0.29) is 5.78 Å². The first-order chi connectivity index (χ1) is 7.58.